The van der Waals surface area contributed by atoms with E-state index in [2.05, 4.69) is 4.98 Å². The Balaban J connectivity index is 1.60. The van der Waals surface area contributed by atoms with Crippen LogP contribution in [0, 0.1) is 0 Å². The average molecular weight is 441 g/mol. The molecule has 0 spiro atoms. The fourth-order valence-corrected chi connectivity index (χ4v) is 3.59. The zero-order valence-electron chi connectivity index (χ0n) is 17.0. The molecule has 1 saturated heterocycles. The van der Waals surface area contributed by atoms with Crippen LogP contribution in [-0.4, -0.2) is 54.4 Å². The van der Waals surface area contributed by atoms with E-state index in [0.29, 0.717) is 17.2 Å². The minimum Gasteiger partial charge on any atom is -0.457 e. The lowest BCUT2D eigenvalue weighted by Gasteiger charge is -2.18. The molecule has 32 heavy (non-hydrogen) atoms. The maximum Gasteiger partial charge on any atom is 0.333 e. The van der Waals surface area contributed by atoms with Crippen molar-refractivity contribution in [3.8, 4) is 11.5 Å². The van der Waals surface area contributed by atoms with Crippen LogP contribution in [-0.2, 0) is 11.3 Å². The van der Waals surface area contributed by atoms with Crippen molar-refractivity contribution in [2.24, 2.45) is 0 Å². The monoisotopic (exact) mass is 441 g/mol. The molecule has 4 rings (SSSR count). The quantitative estimate of drug-likeness (QED) is 0.475. The smallest absolute Gasteiger partial charge is 0.333 e. The van der Waals surface area contributed by atoms with Crippen molar-refractivity contribution < 1.29 is 24.8 Å². The van der Waals surface area contributed by atoms with Crippen molar-refractivity contribution in [1.29, 1.82) is 0 Å². The topological polar surface area (TPSA) is 136 Å². The van der Waals surface area contributed by atoms with Gasteiger partial charge in [0.25, 0.3) is 5.56 Å². The van der Waals surface area contributed by atoms with Crippen LogP contribution in [0.5, 0.6) is 11.5 Å². The number of hydrogen-bond donors (Lipinski definition) is 3. The molecule has 168 valence electrons. The van der Waals surface area contributed by atoms with E-state index in [4.69, 9.17) is 14.6 Å². The SMILES string of the molecule is O=c1ccn(C2OC(CCO)C(O)C2O)c(=O)n1Cc1cc(Oc2ccccc2)ccn1. The number of pyridine rings is 1. The Morgan fingerprint density at radius 3 is 2.56 bits per heavy atom. The largest absolute Gasteiger partial charge is 0.457 e. The summed E-state index contributed by atoms with van der Waals surface area (Å²) in [7, 11) is 0. The van der Waals surface area contributed by atoms with E-state index in [1.807, 2.05) is 18.2 Å². The molecule has 0 amide bonds. The van der Waals surface area contributed by atoms with Crippen LogP contribution >= 0.6 is 0 Å². The van der Waals surface area contributed by atoms with Crippen molar-refractivity contribution in [2.45, 2.75) is 37.5 Å². The van der Waals surface area contributed by atoms with Gasteiger partial charge in [-0.3, -0.25) is 18.9 Å². The van der Waals surface area contributed by atoms with Gasteiger partial charge in [-0.15, -0.1) is 0 Å². The maximum absolute atomic E-state index is 13.0. The molecular formula is C22H23N3O7. The zero-order chi connectivity index (χ0) is 22.7. The summed E-state index contributed by atoms with van der Waals surface area (Å²) in [5.41, 5.74) is -0.863. The molecule has 3 heterocycles. The van der Waals surface area contributed by atoms with Crippen LogP contribution in [0.3, 0.4) is 0 Å². The van der Waals surface area contributed by atoms with Crippen molar-refractivity contribution >= 4 is 0 Å². The van der Waals surface area contributed by atoms with E-state index < -0.39 is 35.8 Å². The highest BCUT2D eigenvalue weighted by Gasteiger charge is 2.43. The van der Waals surface area contributed by atoms with Gasteiger partial charge in [0.2, 0.25) is 0 Å². The molecule has 1 aliphatic rings. The summed E-state index contributed by atoms with van der Waals surface area (Å²) < 4.78 is 13.4. The van der Waals surface area contributed by atoms with Gasteiger partial charge in [-0.05, 0) is 24.6 Å². The van der Waals surface area contributed by atoms with E-state index in [0.717, 1.165) is 9.13 Å². The molecule has 1 aromatic carbocycles. The molecule has 0 bridgehead atoms. The fraction of sp³-hybridized carbons (Fsp3) is 0.318. The molecule has 10 heteroatoms. The molecule has 0 radical (unpaired) electrons. The highest BCUT2D eigenvalue weighted by molar-refractivity contribution is 5.31. The second-order valence-electron chi connectivity index (χ2n) is 7.39. The Hall–Kier alpha value is -3.31. The average Bonchev–Trinajstić information content (AvgIpc) is 3.06. The van der Waals surface area contributed by atoms with Crippen molar-refractivity contribution in [1.82, 2.24) is 14.1 Å². The van der Waals surface area contributed by atoms with Gasteiger partial charge < -0.3 is 24.8 Å². The van der Waals surface area contributed by atoms with Gasteiger partial charge in [0, 0.05) is 31.1 Å². The molecule has 0 saturated carbocycles. The standard InChI is InChI=1S/C22H23N3O7/c26-11-8-17-19(28)20(29)21(32-17)24-10-7-18(27)25(22(24)30)13-14-12-16(6-9-23-14)31-15-4-2-1-3-5-15/h1-7,9-10,12,17,19-21,26,28-29H,8,11,13H2. The van der Waals surface area contributed by atoms with Crippen LogP contribution in [0.4, 0.5) is 0 Å². The van der Waals surface area contributed by atoms with Gasteiger partial charge in [0.1, 0.15) is 23.7 Å². The first kappa shape index (κ1) is 21.9. The number of hydrogen-bond acceptors (Lipinski definition) is 8. The summed E-state index contributed by atoms with van der Waals surface area (Å²) in [6, 6.07) is 13.6. The minimum atomic E-state index is -1.39. The lowest BCUT2D eigenvalue weighted by atomic mass is 10.1. The predicted octanol–water partition coefficient (Wildman–Crippen LogP) is 0.247. The Bertz CT molecular complexity index is 1180. The van der Waals surface area contributed by atoms with Gasteiger partial charge in [0.15, 0.2) is 6.23 Å². The van der Waals surface area contributed by atoms with Crippen LogP contribution in [0.1, 0.15) is 18.3 Å². The van der Waals surface area contributed by atoms with Gasteiger partial charge in [-0.25, -0.2) is 4.79 Å². The number of aromatic nitrogens is 3. The summed E-state index contributed by atoms with van der Waals surface area (Å²) in [6.45, 7) is -0.376. The molecule has 3 aromatic rings. The van der Waals surface area contributed by atoms with Crippen molar-refractivity contribution in [3.05, 3.63) is 87.5 Å². The molecule has 3 N–H and O–H groups in total. The molecule has 4 atom stereocenters. The molecular weight excluding hydrogens is 418 g/mol. The third-order valence-electron chi connectivity index (χ3n) is 5.21. The third kappa shape index (κ3) is 4.48. The first-order chi connectivity index (χ1) is 15.5. The van der Waals surface area contributed by atoms with E-state index >= 15 is 0 Å². The summed E-state index contributed by atoms with van der Waals surface area (Å²) in [5, 5.41) is 29.6. The second-order valence-corrected chi connectivity index (χ2v) is 7.39. The molecule has 2 aromatic heterocycles. The molecule has 1 aliphatic heterocycles. The normalized spacial score (nSPS) is 22.7. The second kappa shape index (κ2) is 9.45. The van der Waals surface area contributed by atoms with E-state index in [-0.39, 0.29) is 19.6 Å². The highest BCUT2D eigenvalue weighted by Crippen LogP contribution is 2.29. The maximum atomic E-state index is 13.0. The lowest BCUT2D eigenvalue weighted by molar-refractivity contribution is -0.0458. The number of ether oxygens (including phenoxy) is 2. The van der Waals surface area contributed by atoms with E-state index in [1.54, 1.807) is 24.3 Å². The van der Waals surface area contributed by atoms with Crippen LogP contribution in [0.25, 0.3) is 0 Å². The number of aliphatic hydroxyl groups excluding tert-OH is 3. The summed E-state index contributed by atoms with van der Waals surface area (Å²) in [6.07, 6.45) is -1.86. The Morgan fingerprint density at radius 2 is 1.81 bits per heavy atom. The zero-order valence-corrected chi connectivity index (χ0v) is 17.0. The molecule has 1 fully saturated rings. The number of rotatable bonds is 7. The Labute approximate surface area is 182 Å². The van der Waals surface area contributed by atoms with Gasteiger partial charge in [-0.2, -0.15) is 0 Å². The van der Waals surface area contributed by atoms with Crippen molar-refractivity contribution in [2.75, 3.05) is 6.61 Å². The summed E-state index contributed by atoms with van der Waals surface area (Å²) in [4.78, 5) is 29.6. The van der Waals surface area contributed by atoms with Crippen molar-refractivity contribution in [3.63, 3.8) is 0 Å². The Kier molecular flexibility index (Phi) is 6.47. The highest BCUT2D eigenvalue weighted by atomic mass is 16.6. The predicted molar refractivity (Wildman–Crippen MR) is 112 cm³/mol. The molecule has 10 nitrogen and oxygen atoms in total. The van der Waals surface area contributed by atoms with Crippen LogP contribution in [0.15, 0.2) is 70.5 Å². The van der Waals surface area contributed by atoms with Crippen LogP contribution in [0.2, 0.25) is 0 Å². The van der Waals surface area contributed by atoms with E-state index in [1.165, 1.54) is 18.5 Å². The van der Waals surface area contributed by atoms with Gasteiger partial charge in [-0.1, -0.05) is 18.2 Å². The van der Waals surface area contributed by atoms with Crippen LogP contribution < -0.4 is 16.0 Å². The number of nitrogens with zero attached hydrogens (tertiary/aromatic N) is 3. The van der Waals surface area contributed by atoms with Gasteiger partial charge in [0.05, 0.1) is 18.3 Å². The number of para-hydroxylation sites is 1. The first-order valence-electron chi connectivity index (χ1n) is 10.1. The number of benzene rings is 1. The Morgan fingerprint density at radius 1 is 1.03 bits per heavy atom. The molecule has 0 aliphatic carbocycles. The van der Waals surface area contributed by atoms with E-state index in [9.17, 15) is 19.8 Å². The fourth-order valence-electron chi connectivity index (χ4n) is 3.59. The number of aliphatic hydroxyl groups is 3. The molecule has 4 unspecified atom stereocenters. The third-order valence-corrected chi connectivity index (χ3v) is 5.21. The first-order valence-corrected chi connectivity index (χ1v) is 10.1. The summed E-state index contributed by atoms with van der Waals surface area (Å²) in [5.74, 6) is 1.13. The van der Waals surface area contributed by atoms with Gasteiger partial charge >= 0.3 is 5.69 Å². The summed E-state index contributed by atoms with van der Waals surface area (Å²) >= 11 is 0. The minimum absolute atomic E-state index is 0.0985. The lowest BCUT2D eigenvalue weighted by Crippen LogP contribution is -2.43.